The molecule has 3 rings (SSSR count). The summed E-state index contributed by atoms with van der Waals surface area (Å²) in [5.41, 5.74) is 1.81. The van der Waals surface area contributed by atoms with Crippen LogP contribution < -0.4 is 5.32 Å². The maximum atomic E-state index is 12.9. The first-order valence-corrected chi connectivity index (χ1v) is 9.38. The lowest BCUT2D eigenvalue weighted by Crippen LogP contribution is -2.44. The number of halogens is 3. The van der Waals surface area contributed by atoms with Crippen LogP contribution in [0.5, 0.6) is 0 Å². The molecule has 2 heterocycles. The van der Waals surface area contributed by atoms with Gasteiger partial charge < -0.3 is 10.1 Å². The van der Waals surface area contributed by atoms with Gasteiger partial charge >= 0.3 is 6.18 Å². The first-order chi connectivity index (χ1) is 12.9. The van der Waals surface area contributed by atoms with Crippen LogP contribution in [-0.2, 0) is 16.1 Å². The summed E-state index contributed by atoms with van der Waals surface area (Å²) in [6, 6.07) is 7.60. The molecule has 2 saturated heterocycles. The third-order valence-electron chi connectivity index (χ3n) is 5.08. The van der Waals surface area contributed by atoms with Gasteiger partial charge in [0.05, 0.1) is 25.7 Å². The number of rotatable bonds is 5. The number of anilines is 1. The molecule has 0 bridgehead atoms. The molecule has 2 aliphatic rings. The van der Waals surface area contributed by atoms with Gasteiger partial charge in [-0.3, -0.25) is 14.6 Å². The van der Waals surface area contributed by atoms with Crippen molar-refractivity contribution >= 4 is 11.6 Å². The van der Waals surface area contributed by atoms with E-state index in [0.29, 0.717) is 18.7 Å². The van der Waals surface area contributed by atoms with Gasteiger partial charge in [0, 0.05) is 31.9 Å². The molecule has 0 saturated carbocycles. The van der Waals surface area contributed by atoms with Crippen molar-refractivity contribution in [3.63, 3.8) is 0 Å². The van der Waals surface area contributed by atoms with Crippen LogP contribution in [-0.4, -0.2) is 67.8 Å². The molecule has 0 aliphatic carbocycles. The van der Waals surface area contributed by atoms with E-state index >= 15 is 0 Å². The van der Waals surface area contributed by atoms with Gasteiger partial charge in [-0.15, -0.1) is 0 Å². The lowest BCUT2D eigenvalue weighted by atomic mass is 9.97. The van der Waals surface area contributed by atoms with Crippen LogP contribution in [0.1, 0.15) is 18.4 Å². The van der Waals surface area contributed by atoms with E-state index in [-0.39, 0.29) is 25.4 Å². The minimum atomic E-state index is -4.19. The minimum Gasteiger partial charge on any atom is -0.379 e. The number of amides is 1. The Morgan fingerprint density at radius 2 is 1.81 bits per heavy atom. The van der Waals surface area contributed by atoms with E-state index in [1.165, 1.54) is 0 Å². The van der Waals surface area contributed by atoms with E-state index in [2.05, 4.69) is 10.2 Å². The fourth-order valence-electron chi connectivity index (χ4n) is 3.58. The highest BCUT2D eigenvalue weighted by molar-refractivity contribution is 5.92. The van der Waals surface area contributed by atoms with Crippen molar-refractivity contribution in [3.8, 4) is 0 Å². The number of carbonyl (C=O) groups is 1. The molecular weight excluding hydrogens is 359 g/mol. The number of alkyl halides is 3. The smallest absolute Gasteiger partial charge is 0.379 e. The molecule has 2 aliphatic heterocycles. The van der Waals surface area contributed by atoms with Crippen LogP contribution in [0.3, 0.4) is 0 Å². The lowest BCUT2D eigenvalue weighted by Gasteiger charge is -2.33. The fraction of sp³-hybridized carbons (Fsp3) is 0.632. The Morgan fingerprint density at radius 3 is 2.48 bits per heavy atom. The van der Waals surface area contributed by atoms with Gasteiger partial charge in [-0.25, -0.2) is 0 Å². The summed E-state index contributed by atoms with van der Waals surface area (Å²) in [5.74, 6) is -1.61. The van der Waals surface area contributed by atoms with Crippen molar-refractivity contribution in [1.29, 1.82) is 0 Å². The zero-order valence-corrected chi connectivity index (χ0v) is 15.3. The summed E-state index contributed by atoms with van der Waals surface area (Å²) < 4.78 is 43.9. The summed E-state index contributed by atoms with van der Waals surface area (Å²) >= 11 is 0. The van der Waals surface area contributed by atoms with E-state index in [9.17, 15) is 18.0 Å². The molecular formula is C19H26F3N3O2. The average molecular weight is 385 g/mol. The molecule has 27 heavy (non-hydrogen) atoms. The maximum Gasteiger partial charge on any atom is 0.393 e. The zero-order valence-electron chi connectivity index (χ0n) is 15.3. The van der Waals surface area contributed by atoms with Gasteiger partial charge in [0.2, 0.25) is 5.91 Å². The lowest BCUT2D eigenvalue weighted by molar-refractivity contribution is -0.186. The second kappa shape index (κ2) is 9.03. The van der Waals surface area contributed by atoms with Gasteiger partial charge in [0.25, 0.3) is 0 Å². The SMILES string of the molecule is O=C(CN1CCC[C@@H](C(F)(F)F)C1)Nc1ccc(CN2CCOCC2)cc1. The molecule has 2 fully saturated rings. The second-order valence-electron chi connectivity index (χ2n) is 7.25. The number of morpholine rings is 1. The Bertz CT molecular complexity index is 616. The molecule has 0 unspecified atom stereocenters. The number of nitrogens with one attached hydrogen (secondary N) is 1. The first kappa shape index (κ1) is 20.1. The summed E-state index contributed by atoms with van der Waals surface area (Å²) in [6.45, 7) is 4.57. The largest absolute Gasteiger partial charge is 0.393 e. The van der Waals surface area contributed by atoms with E-state index < -0.39 is 12.1 Å². The number of carbonyl (C=O) groups excluding carboxylic acids is 1. The monoisotopic (exact) mass is 385 g/mol. The van der Waals surface area contributed by atoms with Gasteiger partial charge in [0.1, 0.15) is 0 Å². The normalized spacial score (nSPS) is 22.6. The van der Waals surface area contributed by atoms with E-state index in [1.807, 2.05) is 24.3 Å². The van der Waals surface area contributed by atoms with Gasteiger partial charge in [-0.1, -0.05) is 12.1 Å². The molecule has 1 amide bonds. The molecule has 0 aromatic heterocycles. The van der Waals surface area contributed by atoms with E-state index in [0.717, 1.165) is 38.4 Å². The molecule has 0 radical (unpaired) electrons. The van der Waals surface area contributed by atoms with Crippen molar-refractivity contribution in [2.45, 2.75) is 25.6 Å². The Morgan fingerprint density at radius 1 is 1.11 bits per heavy atom. The number of hydrogen-bond acceptors (Lipinski definition) is 4. The summed E-state index contributed by atoms with van der Waals surface area (Å²) in [7, 11) is 0. The molecule has 8 heteroatoms. The van der Waals surface area contributed by atoms with Gasteiger partial charge in [-0.05, 0) is 37.1 Å². The van der Waals surface area contributed by atoms with Crippen LogP contribution in [0.15, 0.2) is 24.3 Å². The number of piperidine rings is 1. The van der Waals surface area contributed by atoms with Crippen LogP contribution >= 0.6 is 0 Å². The molecule has 1 aromatic rings. The maximum absolute atomic E-state index is 12.9. The zero-order chi connectivity index (χ0) is 19.3. The predicted molar refractivity (Wildman–Crippen MR) is 96.4 cm³/mol. The first-order valence-electron chi connectivity index (χ1n) is 9.38. The third-order valence-corrected chi connectivity index (χ3v) is 5.08. The molecule has 5 nitrogen and oxygen atoms in total. The van der Waals surface area contributed by atoms with E-state index in [4.69, 9.17) is 4.74 Å². The number of nitrogens with zero attached hydrogens (tertiary/aromatic N) is 2. The van der Waals surface area contributed by atoms with Crippen LogP contribution in [0.25, 0.3) is 0 Å². The predicted octanol–water partition coefficient (Wildman–Crippen LogP) is 2.73. The highest BCUT2D eigenvalue weighted by Gasteiger charge is 2.41. The Hall–Kier alpha value is -1.64. The highest BCUT2D eigenvalue weighted by Crippen LogP contribution is 2.32. The van der Waals surface area contributed by atoms with Crippen molar-refractivity contribution in [2.75, 3.05) is 51.3 Å². The third kappa shape index (κ3) is 6.19. The van der Waals surface area contributed by atoms with Gasteiger partial charge in [0.15, 0.2) is 0 Å². The number of ether oxygens (including phenoxy) is 1. The summed E-state index contributed by atoms with van der Waals surface area (Å²) in [6.07, 6.45) is -3.58. The average Bonchev–Trinajstić information content (AvgIpc) is 2.64. The second-order valence-corrected chi connectivity index (χ2v) is 7.25. The summed E-state index contributed by atoms with van der Waals surface area (Å²) in [4.78, 5) is 16.1. The molecule has 0 spiro atoms. The Balaban J connectivity index is 1.46. The van der Waals surface area contributed by atoms with Crippen LogP contribution in [0.4, 0.5) is 18.9 Å². The quantitative estimate of drug-likeness (QED) is 0.847. The molecule has 1 atom stereocenters. The van der Waals surface area contributed by atoms with Crippen molar-refractivity contribution < 1.29 is 22.7 Å². The number of benzene rings is 1. The topological polar surface area (TPSA) is 44.8 Å². The van der Waals surface area contributed by atoms with Gasteiger partial charge in [-0.2, -0.15) is 13.2 Å². The molecule has 1 aromatic carbocycles. The van der Waals surface area contributed by atoms with Crippen LogP contribution in [0.2, 0.25) is 0 Å². The van der Waals surface area contributed by atoms with Crippen molar-refractivity contribution in [1.82, 2.24) is 9.80 Å². The van der Waals surface area contributed by atoms with E-state index in [1.54, 1.807) is 4.90 Å². The van der Waals surface area contributed by atoms with Crippen molar-refractivity contribution in [2.24, 2.45) is 5.92 Å². The fourth-order valence-corrected chi connectivity index (χ4v) is 3.58. The molecule has 150 valence electrons. The molecule has 1 N–H and O–H groups in total. The number of hydrogen-bond donors (Lipinski definition) is 1. The van der Waals surface area contributed by atoms with Crippen molar-refractivity contribution in [3.05, 3.63) is 29.8 Å². The minimum absolute atomic E-state index is 0.0118. The summed E-state index contributed by atoms with van der Waals surface area (Å²) in [5, 5.41) is 2.78. The Kier molecular flexibility index (Phi) is 6.73. The standard InChI is InChI=1S/C19H26F3N3O2/c20-19(21,22)16-2-1-7-25(13-16)14-18(26)23-17-5-3-15(4-6-17)12-24-8-10-27-11-9-24/h3-6,16H,1-2,7-14H2,(H,23,26)/t16-/m1/s1. The highest BCUT2D eigenvalue weighted by atomic mass is 19.4. The van der Waals surface area contributed by atoms with Crippen LogP contribution in [0, 0.1) is 5.92 Å². The Labute approximate surface area is 157 Å². The number of likely N-dealkylation sites (tertiary alicyclic amines) is 1.